The monoisotopic (exact) mass is 317 g/mol. The molecule has 5 nitrogen and oxygen atoms in total. The van der Waals surface area contributed by atoms with Gasteiger partial charge in [-0.25, -0.2) is 0 Å². The predicted octanol–water partition coefficient (Wildman–Crippen LogP) is 1.97. The third-order valence-corrected chi connectivity index (χ3v) is 4.60. The summed E-state index contributed by atoms with van der Waals surface area (Å²) in [5.74, 6) is -0.199. The number of benzene rings is 1. The highest BCUT2D eigenvalue weighted by Gasteiger charge is 2.14. The molecule has 1 aromatic carbocycles. The quantitative estimate of drug-likeness (QED) is 0.851. The fourth-order valence-corrected chi connectivity index (χ4v) is 3.26. The first-order chi connectivity index (χ1) is 10.6. The second-order valence-corrected chi connectivity index (χ2v) is 6.19. The molecule has 1 aliphatic rings. The van der Waals surface area contributed by atoms with E-state index in [1.54, 1.807) is 0 Å². The summed E-state index contributed by atoms with van der Waals surface area (Å²) in [5.41, 5.74) is 2.89. The van der Waals surface area contributed by atoms with Crippen LogP contribution in [-0.2, 0) is 11.8 Å². The van der Waals surface area contributed by atoms with Crippen LogP contribution in [0.25, 0.3) is 0 Å². The zero-order valence-electron chi connectivity index (χ0n) is 12.8. The number of carbonyl (C=O) groups is 1. The third kappa shape index (κ3) is 3.13. The highest BCUT2D eigenvalue weighted by molar-refractivity contribution is 7.07. The highest BCUT2D eigenvalue weighted by Crippen LogP contribution is 2.22. The van der Waals surface area contributed by atoms with Crippen molar-refractivity contribution < 1.29 is 9.53 Å². The van der Waals surface area contributed by atoms with Crippen molar-refractivity contribution in [1.82, 2.24) is 4.57 Å². The highest BCUT2D eigenvalue weighted by atomic mass is 32.1. The molecule has 0 bridgehead atoms. The largest absolute Gasteiger partial charge is 0.378 e. The van der Waals surface area contributed by atoms with Gasteiger partial charge in [0.15, 0.2) is 4.80 Å². The van der Waals surface area contributed by atoms with Crippen molar-refractivity contribution in [2.24, 2.45) is 12.0 Å². The molecule has 0 aliphatic carbocycles. The molecule has 22 heavy (non-hydrogen) atoms. The molecule has 0 N–H and O–H groups in total. The zero-order chi connectivity index (χ0) is 15.5. The van der Waals surface area contributed by atoms with Crippen molar-refractivity contribution in [2.75, 3.05) is 31.2 Å². The van der Waals surface area contributed by atoms with Crippen LogP contribution in [0.1, 0.15) is 15.9 Å². The van der Waals surface area contributed by atoms with Crippen LogP contribution in [0.4, 0.5) is 5.69 Å². The molecule has 3 rings (SSSR count). The lowest BCUT2D eigenvalue weighted by Crippen LogP contribution is -2.36. The number of anilines is 1. The lowest BCUT2D eigenvalue weighted by Gasteiger charge is -2.30. The molecule has 116 valence electrons. The third-order valence-electron chi connectivity index (χ3n) is 3.75. The number of rotatable bonds is 2. The van der Waals surface area contributed by atoms with E-state index in [0.29, 0.717) is 10.4 Å². The number of aromatic nitrogens is 1. The van der Waals surface area contributed by atoms with Crippen LogP contribution >= 0.6 is 11.3 Å². The number of hydrogen-bond acceptors (Lipinski definition) is 4. The van der Waals surface area contributed by atoms with E-state index in [0.717, 1.165) is 31.9 Å². The maximum absolute atomic E-state index is 12.3. The average Bonchev–Trinajstić information content (AvgIpc) is 2.93. The minimum absolute atomic E-state index is 0.199. The fraction of sp³-hybridized carbons (Fsp3) is 0.375. The number of amides is 1. The molecular weight excluding hydrogens is 298 g/mol. The van der Waals surface area contributed by atoms with Crippen LogP contribution in [0, 0.1) is 6.92 Å². The number of carbonyl (C=O) groups excluding carboxylic acids is 1. The summed E-state index contributed by atoms with van der Waals surface area (Å²) in [6.07, 6.45) is 1.89. The van der Waals surface area contributed by atoms with Crippen molar-refractivity contribution in [3.05, 3.63) is 45.7 Å². The van der Waals surface area contributed by atoms with Crippen LogP contribution in [-0.4, -0.2) is 36.8 Å². The van der Waals surface area contributed by atoms with Gasteiger partial charge in [0.1, 0.15) is 0 Å². The Bertz CT molecular complexity index is 742. The van der Waals surface area contributed by atoms with E-state index in [1.807, 2.05) is 48.3 Å². The Kier molecular flexibility index (Phi) is 4.40. The van der Waals surface area contributed by atoms with Crippen molar-refractivity contribution in [1.29, 1.82) is 0 Å². The number of thiazole rings is 1. The molecule has 2 aromatic rings. The lowest BCUT2D eigenvalue weighted by atomic mass is 10.1. The molecule has 1 saturated heterocycles. The molecule has 0 spiro atoms. The minimum atomic E-state index is -0.199. The van der Waals surface area contributed by atoms with Gasteiger partial charge in [-0.15, -0.1) is 11.3 Å². The maximum Gasteiger partial charge on any atom is 0.279 e. The fourth-order valence-electron chi connectivity index (χ4n) is 2.53. The van der Waals surface area contributed by atoms with Gasteiger partial charge in [0.25, 0.3) is 5.91 Å². The first kappa shape index (κ1) is 15.0. The first-order valence-electron chi connectivity index (χ1n) is 7.27. The summed E-state index contributed by atoms with van der Waals surface area (Å²) >= 11 is 1.46. The van der Waals surface area contributed by atoms with Gasteiger partial charge >= 0.3 is 0 Å². The molecule has 0 radical (unpaired) electrons. The predicted molar refractivity (Wildman–Crippen MR) is 87.4 cm³/mol. The van der Waals surface area contributed by atoms with E-state index in [1.165, 1.54) is 17.0 Å². The first-order valence-corrected chi connectivity index (χ1v) is 8.15. The number of ether oxygens (including phenoxy) is 1. The van der Waals surface area contributed by atoms with E-state index in [2.05, 4.69) is 9.89 Å². The molecule has 1 aromatic heterocycles. The van der Waals surface area contributed by atoms with Gasteiger partial charge in [-0.3, -0.25) is 4.79 Å². The zero-order valence-corrected chi connectivity index (χ0v) is 13.6. The Morgan fingerprint density at radius 3 is 2.73 bits per heavy atom. The Morgan fingerprint density at radius 1 is 1.32 bits per heavy atom. The van der Waals surface area contributed by atoms with Crippen LogP contribution < -0.4 is 9.70 Å². The van der Waals surface area contributed by atoms with Crippen LogP contribution in [0.2, 0.25) is 0 Å². The Hall–Kier alpha value is -1.92. The molecule has 6 heteroatoms. The summed E-state index contributed by atoms with van der Waals surface area (Å²) in [6, 6.07) is 5.79. The van der Waals surface area contributed by atoms with Gasteiger partial charge < -0.3 is 14.2 Å². The molecule has 1 aliphatic heterocycles. The van der Waals surface area contributed by atoms with Gasteiger partial charge in [0.05, 0.1) is 13.2 Å². The normalized spacial score (nSPS) is 16.1. The van der Waals surface area contributed by atoms with Gasteiger partial charge in [-0.05, 0) is 30.7 Å². The van der Waals surface area contributed by atoms with Crippen LogP contribution in [0.5, 0.6) is 0 Å². The van der Waals surface area contributed by atoms with E-state index >= 15 is 0 Å². The van der Waals surface area contributed by atoms with Crippen molar-refractivity contribution in [3.8, 4) is 0 Å². The molecule has 2 heterocycles. The van der Waals surface area contributed by atoms with Gasteiger partial charge in [0.2, 0.25) is 0 Å². The smallest absolute Gasteiger partial charge is 0.279 e. The van der Waals surface area contributed by atoms with Crippen molar-refractivity contribution in [3.63, 3.8) is 0 Å². The van der Waals surface area contributed by atoms with Crippen molar-refractivity contribution >= 4 is 22.9 Å². The molecule has 0 atom stereocenters. The standard InChI is InChI=1S/C16H19N3O2S/c1-12-11-13(15(20)17-16-18(2)7-10-22-16)3-4-14(12)19-5-8-21-9-6-19/h3-4,7,10-11H,5-6,8-9H2,1-2H3. The van der Waals surface area contributed by atoms with E-state index in [4.69, 9.17) is 4.74 Å². The minimum Gasteiger partial charge on any atom is -0.378 e. The van der Waals surface area contributed by atoms with Crippen molar-refractivity contribution in [2.45, 2.75) is 6.92 Å². The Labute approximate surface area is 133 Å². The molecule has 1 amide bonds. The van der Waals surface area contributed by atoms with Gasteiger partial charge in [-0.2, -0.15) is 4.99 Å². The second kappa shape index (κ2) is 6.46. The summed E-state index contributed by atoms with van der Waals surface area (Å²) in [6.45, 7) is 5.33. The Balaban J connectivity index is 1.85. The van der Waals surface area contributed by atoms with Crippen LogP contribution in [0.15, 0.2) is 34.8 Å². The molecular formula is C16H19N3O2S. The van der Waals surface area contributed by atoms with E-state index in [-0.39, 0.29) is 5.91 Å². The van der Waals surface area contributed by atoms with E-state index < -0.39 is 0 Å². The SMILES string of the molecule is Cc1cc(C(=O)N=c2sccn2C)ccc1N1CCOCC1. The number of hydrogen-bond donors (Lipinski definition) is 0. The van der Waals surface area contributed by atoms with Crippen LogP contribution in [0.3, 0.4) is 0 Å². The van der Waals surface area contributed by atoms with Gasteiger partial charge in [-0.1, -0.05) is 0 Å². The summed E-state index contributed by atoms with van der Waals surface area (Å²) in [5, 5.41) is 1.92. The van der Waals surface area contributed by atoms with E-state index in [9.17, 15) is 4.79 Å². The molecule has 0 saturated carbocycles. The summed E-state index contributed by atoms with van der Waals surface area (Å²) in [7, 11) is 1.88. The maximum atomic E-state index is 12.3. The Morgan fingerprint density at radius 2 is 2.09 bits per heavy atom. The number of nitrogens with zero attached hydrogens (tertiary/aromatic N) is 3. The van der Waals surface area contributed by atoms with Gasteiger partial charge in [0, 0.05) is 43.0 Å². The molecule has 0 unspecified atom stereocenters. The topological polar surface area (TPSA) is 46.8 Å². The lowest BCUT2D eigenvalue weighted by molar-refractivity contribution is 0.0997. The summed E-state index contributed by atoms with van der Waals surface area (Å²) in [4.78, 5) is 19.5. The number of aryl methyl sites for hydroxylation is 2. The molecule has 1 fully saturated rings. The second-order valence-electron chi connectivity index (χ2n) is 5.31. The average molecular weight is 317 g/mol. The summed E-state index contributed by atoms with van der Waals surface area (Å²) < 4.78 is 7.23. The number of morpholine rings is 1.